The number of nitrogens with two attached hydrogens (primary N) is 1. The molecule has 1 aromatic heterocycles. The van der Waals surface area contributed by atoms with Crippen molar-refractivity contribution in [3.63, 3.8) is 0 Å². The number of nitrogen functional groups attached to an aromatic ring is 1. The maximum absolute atomic E-state index is 5.72. The van der Waals surface area contributed by atoms with Crippen molar-refractivity contribution in [3.05, 3.63) is 30.1 Å². The molecule has 1 saturated heterocycles. The van der Waals surface area contributed by atoms with Gasteiger partial charge >= 0.3 is 0 Å². The van der Waals surface area contributed by atoms with E-state index in [9.17, 15) is 0 Å². The van der Waals surface area contributed by atoms with Gasteiger partial charge in [0.25, 0.3) is 0 Å². The van der Waals surface area contributed by atoms with Crippen LogP contribution in [0.2, 0.25) is 0 Å². The first-order valence-corrected chi connectivity index (χ1v) is 5.72. The zero-order valence-corrected chi connectivity index (χ0v) is 9.37. The molecule has 1 fully saturated rings. The number of aromatic nitrogens is 4. The quantitative estimate of drug-likeness (QED) is 0.741. The van der Waals surface area contributed by atoms with E-state index in [2.05, 4.69) is 20.7 Å². The monoisotopic (exact) mass is 230 g/mol. The molecule has 1 aliphatic rings. The third-order valence-electron chi connectivity index (χ3n) is 2.90. The maximum atomic E-state index is 5.72. The third kappa shape index (κ3) is 1.99. The van der Waals surface area contributed by atoms with Gasteiger partial charge in [0.2, 0.25) is 0 Å². The van der Waals surface area contributed by atoms with Crippen LogP contribution in [0.5, 0.6) is 0 Å². The average Bonchev–Trinajstić information content (AvgIpc) is 3.00. The van der Waals surface area contributed by atoms with Gasteiger partial charge in [-0.3, -0.25) is 0 Å². The average molecular weight is 230 g/mol. The van der Waals surface area contributed by atoms with Gasteiger partial charge in [0, 0.05) is 5.69 Å². The molecule has 88 valence electrons. The summed E-state index contributed by atoms with van der Waals surface area (Å²) in [6, 6.07) is 7.68. The maximum Gasteiger partial charge on any atom is 0.192 e. The Kier molecular flexibility index (Phi) is 2.49. The number of benzene rings is 1. The van der Waals surface area contributed by atoms with E-state index in [1.54, 1.807) is 0 Å². The van der Waals surface area contributed by atoms with Crippen molar-refractivity contribution in [1.29, 1.82) is 0 Å². The van der Waals surface area contributed by atoms with Crippen LogP contribution < -0.4 is 11.1 Å². The molecule has 0 aliphatic carbocycles. The van der Waals surface area contributed by atoms with E-state index in [1.807, 2.05) is 24.3 Å². The summed E-state index contributed by atoms with van der Waals surface area (Å²) in [6.07, 6.45) is 2.24. The Morgan fingerprint density at radius 3 is 3.12 bits per heavy atom. The van der Waals surface area contributed by atoms with Crippen LogP contribution in [0.1, 0.15) is 24.7 Å². The topological polar surface area (TPSA) is 81.7 Å². The number of nitrogens with zero attached hydrogens (tertiary/aromatic N) is 4. The molecule has 2 heterocycles. The van der Waals surface area contributed by atoms with Gasteiger partial charge in [0.15, 0.2) is 5.82 Å². The highest BCUT2D eigenvalue weighted by molar-refractivity contribution is 5.46. The van der Waals surface area contributed by atoms with Gasteiger partial charge in [-0.25, -0.2) is 0 Å². The van der Waals surface area contributed by atoms with Crippen molar-refractivity contribution in [2.24, 2.45) is 0 Å². The second kappa shape index (κ2) is 4.14. The number of nitrogens with one attached hydrogen (secondary N) is 1. The van der Waals surface area contributed by atoms with Crippen molar-refractivity contribution in [2.75, 3.05) is 12.3 Å². The molecule has 0 saturated carbocycles. The van der Waals surface area contributed by atoms with Gasteiger partial charge in [-0.1, -0.05) is 6.07 Å². The molecule has 0 radical (unpaired) electrons. The Balaban J connectivity index is 1.89. The van der Waals surface area contributed by atoms with Crippen LogP contribution in [0.4, 0.5) is 5.69 Å². The predicted octanol–water partition coefficient (Wildman–Crippen LogP) is 0.669. The van der Waals surface area contributed by atoms with Crippen LogP contribution in [0.3, 0.4) is 0 Å². The number of rotatable bonds is 2. The smallest absolute Gasteiger partial charge is 0.192 e. The summed E-state index contributed by atoms with van der Waals surface area (Å²) in [5, 5.41) is 15.9. The summed E-state index contributed by atoms with van der Waals surface area (Å²) < 4.78 is 0. The van der Waals surface area contributed by atoms with E-state index >= 15 is 0 Å². The van der Waals surface area contributed by atoms with Crippen molar-refractivity contribution >= 4 is 5.69 Å². The largest absolute Gasteiger partial charge is 0.399 e. The SMILES string of the molecule is Nc1cccc(-n2nnc(C3CCCN3)n2)c1. The highest BCUT2D eigenvalue weighted by atomic mass is 15.6. The lowest BCUT2D eigenvalue weighted by Crippen LogP contribution is -2.14. The summed E-state index contributed by atoms with van der Waals surface area (Å²) in [4.78, 5) is 1.52. The van der Waals surface area contributed by atoms with E-state index < -0.39 is 0 Å². The van der Waals surface area contributed by atoms with E-state index in [0.29, 0.717) is 5.69 Å². The fourth-order valence-electron chi connectivity index (χ4n) is 2.03. The van der Waals surface area contributed by atoms with Crippen molar-refractivity contribution in [2.45, 2.75) is 18.9 Å². The van der Waals surface area contributed by atoms with Gasteiger partial charge in [0.05, 0.1) is 11.7 Å². The van der Waals surface area contributed by atoms with Crippen LogP contribution in [0, 0.1) is 0 Å². The molecule has 6 nitrogen and oxygen atoms in total. The Morgan fingerprint density at radius 2 is 2.35 bits per heavy atom. The zero-order valence-electron chi connectivity index (χ0n) is 9.37. The Labute approximate surface area is 98.8 Å². The van der Waals surface area contributed by atoms with E-state index in [0.717, 1.165) is 30.9 Å². The summed E-state index contributed by atoms with van der Waals surface area (Å²) >= 11 is 0. The Bertz CT molecular complexity index is 514. The van der Waals surface area contributed by atoms with Crippen LogP contribution in [-0.2, 0) is 0 Å². The molecule has 0 spiro atoms. The lowest BCUT2D eigenvalue weighted by molar-refractivity contribution is 0.602. The fraction of sp³-hybridized carbons (Fsp3) is 0.364. The standard InChI is InChI=1S/C11H14N6/c12-8-3-1-4-9(7-8)17-15-11(14-16-17)10-5-2-6-13-10/h1,3-4,7,10,13H,2,5-6,12H2. The van der Waals surface area contributed by atoms with Gasteiger partial charge in [-0.05, 0) is 42.8 Å². The highest BCUT2D eigenvalue weighted by Gasteiger charge is 2.21. The van der Waals surface area contributed by atoms with E-state index in [4.69, 9.17) is 5.73 Å². The second-order valence-corrected chi connectivity index (χ2v) is 4.18. The molecule has 0 amide bonds. The first kappa shape index (κ1) is 10.2. The van der Waals surface area contributed by atoms with Gasteiger partial charge in [-0.2, -0.15) is 0 Å². The van der Waals surface area contributed by atoms with Crippen LogP contribution in [-0.4, -0.2) is 26.8 Å². The molecular formula is C11H14N6. The van der Waals surface area contributed by atoms with Crippen molar-refractivity contribution in [1.82, 2.24) is 25.5 Å². The predicted molar refractivity (Wildman–Crippen MR) is 63.5 cm³/mol. The molecule has 3 N–H and O–H groups in total. The van der Waals surface area contributed by atoms with Crippen LogP contribution >= 0.6 is 0 Å². The number of hydrogen-bond acceptors (Lipinski definition) is 5. The summed E-state index contributed by atoms with van der Waals surface area (Å²) in [6.45, 7) is 1.03. The minimum atomic E-state index is 0.241. The second-order valence-electron chi connectivity index (χ2n) is 4.18. The number of tetrazole rings is 1. The highest BCUT2D eigenvalue weighted by Crippen LogP contribution is 2.19. The van der Waals surface area contributed by atoms with Gasteiger partial charge in [0.1, 0.15) is 0 Å². The molecule has 3 rings (SSSR count). The number of anilines is 1. The van der Waals surface area contributed by atoms with Crippen molar-refractivity contribution in [3.8, 4) is 5.69 Å². The van der Waals surface area contributed by atoms with Gasteiger partial charge < -0.3 is 11.1 Å². The molecular weight excluding hydrogens is 216 g/mol. The lowest BCUT2D eigenvalue weighted by atomic mass is 10.2. The molecule has 0 bridgehead atoms. The minimum Gasteiger partial charge on any atom is -0.399 e. The molecule has 1 aromatic carbocycles. The third-order valence-corrected chi connectivity index (χ3v) is 2.90. The van der Waals surface area contributed by atoms with E-state index in [-0.39, 0.29) is 6.04 Å². The molecule has 17 heavy (non-hydrogen) atoms. The zero-order chi connectivity index (χ0) is 11.7. The number of hydrogen-bond donors (Lipinski definition) is 2. The summed E-state index contributed by atoms with van der Waals surface area (Å²) in [7, 11) is 0. The normalized spacial score (nSPS) is 19.6. The molecule has 2 aromatic rings. The Hall–Kier alpha value is -1.95. The first-order valence-electron chi connectivity index (χ1n) is 5.72. The van der Waals surface area contributed by atoms with Crippen LogP contribution in [0.25, 0.3) is 5.69 Å². The summed E-state index contributed by atoms with van der Waals surface area (Å²) in [5.74, 6) is 0.755. The minimum absolute atomic E-state index is 0.241. The van der Waals surface area contributed by atoms with Gasteiger partial charge in [-0.15, -0.1) is 15.0 Å². The molecule has 1 aliphatic heterocycles. The first-order chi connectivity index (χ1) is 8.33. The Morgan fingerprint density at radius 1 is 1.41 bits per heavy atom. The van der Waals surface area contributed by atoms with E-state index in [1.165, 1.54) is 4.80 Å². The van der Waals surface area contributed by atoms with Crippen molar-refractivity contribution < 1.29 is 0 Å². The molecule has 1 unspecified atom stereocenters. The molecule has 6 heteroatoms. The summed E-state index contributed by atoms with van der Waals surface area (Å²) in [5.41, 5.74) is 7.25. The fourth-order valence-corrected chi connectivity index (χ4v) is 2.03. The lowest BCUT2D eigenvalue weighted by Gasteiger charge is -2.02. The molecule has 1 atom stereocenters. The van der Waals surface area contributed by atoms with Crippen LogP contribution in [0.15, 0.2) is 24.3 Å².